The Balaban J connectivity index is 2.07. The highest BCUT2D eigenvalue weighted by Crippen LogP contribution is 2.33. The van der Waals surface area contributed by atoms with Crippen molar-refractivity contribution >= 4 is 26.9 Å². The molecule has 4 heteroatoms. The first kappa shape index (κ1) is 13.2. The van der Waals surface area contributed by atoms with Gasteiger partial charge < -0.3 is 14.9 Å². The third-order valence-electron chi connectivity index (χ3n) is 3.28. The average Bonchev–Trinajstić information content (AvgIpc) is 2.90. The number of ether oxygens (including phenoxy) is 1. The van der Waals surface area contributed by atoms with E-state index in [1.54, 1.807) is 7.11 Å². The van der Waals surface area contributed by atoms with Crippen molar-refractivity contribution in [2.75, 3.05) is 7.11 Å². The molecule has 1 unspecified atom stereocenters. The number of furan rings is 1. The first-order valence-electron chi connectivity index (χ1n) is 6.26. The zero-order valence-electron chi connectivity index (χ0n) is 11.0. The van der Waals surface area contributed by atoms with Crippen molar-refractivity contribution in [2.45, 2.75) is 6.04 Å². The summed E-state index contributed by atoms with van der Waals surface area (Å²) in [5, 5.41) is 1.05. The summed E-state index contributed by atoms with van der Waals surface area (Å²) in [6.07, 6.45) is 0. The van der Waals surface area contributed by atoms with Gasteiger partial charge in [0.1, 0.15) is 17.1 Å². The monoisotopic (exact) mass is 331 g/mol. The molecule has 0 aliphatic rings. The van der Waals surface area contributed by atoms with Crippen molar-refractivity contribution in [2.24, 2.45) is 5.73 Å². The minimum absolute atomic E-state index is 0.366. The largest absolute Gasteiger partial charge is 0.496 e. The lowest BCUT2D eigenvalue weighted by atomic mass is 10.0. The van der Waals surface area contributed by atoms with Gasteiger partial charge in [-0.15, -0.1) is 0 Å². The van der Waals surface area contributed by atoms with Crippen molar-refractivity contribution in [1.82, 2.24) is 0 Å². The van der Waals surface area contributed by atoms with Crippen LogP contribution in [-0.4, -0.2) is 7.11 Å². The molecule has 0 aliphatic carbocycles. The molecule has 1 atom stereocenters. The van der Waals surface area contributed by atoms with Gasteiger partial charge in [-0.25, -0.2) is 0 Å². The molecule has 0 saturated heterocycles. The summed E-state index contributed by atoms with van der Waals surface area (Å²) >= 11 is 3.46. The van der Waals surface area contributed by atoms with Crippen LogP contribution in [0.1, 0.15) is 17.4 Å². The molecule has 20 heavy (non-hydrogen) atoms. The predicted octanol–water partition coefficient (Wildman–Crippen LogP) is 4.25. The number of fused-ring (bicyclic) bond motifs is 1. The lowest BCUT2D eigenvalue weighted by Gasteiger charge is -2.14. The van der Waals surface area contributed by atoms with Gasteiger partial charge in [-0.05, 0) is 30.3 Å². The van der Waals surface area contributed by atoms with E-state index in [1.807, 2.05) is 48.5 Å². The van der Waals surface area contributed by atoms with E-state index in [2.05, 4.69) is 15.9 Å². The summed E-state index contributed by atoms with van der Waals surface area (Å²) in [4.78, 5) is 0. The highest BCUT2D eigenvalue weighted by Gasteiger charge is 2.18. The van der Waals surface area contributed by atoms with Crippen LogP contribution in [0.3, 0.4) is 0 Å². The van der Waals surface area contributed by atoms with E-state index < -0.39 is 0 Å². The maximum Gasteiger partial charge on any atom is 0.134 e. The minimum Gasteiger partial charge on any atom is -0.496 e. The van der Waals surface area contributed by atoms with Gasteiger partial charge >= 0.3 is 0 Å². The van der Waals surface area contributed by atoms with E-state index >= 15 is 0 Å². The molecule has 3 nitrogen and oxygen atoms in total. The summed E-state index contributed by atoms with van der Waals surface area (Å²) in [7, 11) is 1.64. The topological polar surface area (TPSA) is 48.4 Å². The molecule has 0 amide bonds. The van der Waals surface area contributed by atoms with Gasteiger partial charge in [0.2, 0.25) is 0 Å². The number of rotatable bonds is 3. The molecular weight excluding hydrogens is 318 g/mol. The normalized spacial score (nSPS) is 12.6. The van der Waals surface area contributed by atoms with Crippen LogP contribution in [0.15, 0.2) is 57.4 Å². The number of para-hydroxylation sites is 1. The minimum atomic E-state index is -0.366. The smallest absolute Gasteiger partial charge is 0.134 e. The molecule has 1 heterocycles. The third kappa shape index (κ3) is 2.32. The number of methoxy groups -OCH3 is 1. The summed E-state index contributed by atoms with van der Waals surface area (Å²) in [6.45, 7) is 0. The second-order valence-electron chi connectivity index (χ2n) is 4.55. The molecule has 0 radical (unpaired) electrons. The van der Waals surface area contributed by atoms with Gasteiger partial charge in [0.15, 0.2) is 0 Å². The molecule has 1 aromatic heterocycles. The second kappa shape index (κ2) is 5.31. The van der Waals surface area contributed by atoms with E-state index in [4.69, 9.17) is 14.9 Å². The van der Waals surface area contributed by atoms with Gasteiger partial charge in [0.25, 0.3) is 0 Å². The van der Waals surface area contributed by atoms with Crippen LogP contribution in [0, 0.1) is 0 Å². The van der Waals surface area contributed by atoms with Gasteiger partial charge in [-0.1, -0.05) is 34.1 Å². The molecule has 0 fully saturated rings. The van der Waals surface area contributed by atoms with Crippen LogP contribution < -0.4 is 10.5 Å². The van der Waals surface area contributed by atoms with Crippen molar-refractivity contribution in [1.29, 1.82) is 0 Å². The van der Waals surface area contributed by atoms with Crippen LogP contribution in [0.5, 0.6) is 5.75 Å². The van der Waals surface area contributed by atoms with Crippen LogP contribution in [0.4, 0.5) is 0 Å². The SMILES string of the molecule is COc1ccc(Br)cc1C(N)c1cc2ccccc2o1. The Hall–Kier alpha value is -1.78. The van der Waals surface area contributed by atoms with E-state index in [0.717, 1.165) is 32.5 Å². The number of hydrogen-bond donors (Lipinski definition) is 1. The molecule has 0 spiro atoms. The van der Waals surface area contributed by atoms with Crippen LogP contribution in [0.25, 0.3) is 11.0 Å². The second-order valence-corrected chi connectivity index (χ2v) is 5.47. The van der Waals surface area contributed by atoms with Crippen molar-refractivity contribution in [3.8, 4) is 5.75 Å². The number of nitrogens with two attached hydrogens (primary N) is 1. The van der Waals surface area contributed by atoms with Crippen molar-refractivity contribution < 1.29 is 9.15 Å². The van der Waals surface area contributed by atoms with E-state index in [9.17, 15) is 0 Å². The van der Waals surface area contributed by atoms with Crippen molar-refractivity contribution in [3.05, 3.63) is 64.3 Å². The van der Waals surface area contributed by atoms with Crippen LogP contribution in [-0.2, 0) is 0 Å². The zero-order valence-corrected chi connectivity index (χ0v) is 12.6. The summed E-state index contributed by atoms with van der Waals surface area (Å²) in [5.41, 5.74) is 8.06. The van der Waals surface area contributed by atoms with Gasteiger partial charge in [-0.2, -0.15) is 0 Å². The fraction of sp³-hybridized carbons (Fsp3) is 0.125. The number of benzene rings is 2. The Morgan fingerprint density at radius 2 is 1.95 bits per heavy atom. The quantitative estimate of drug-likeness (QED) is 0.780. The highest BCUT2D eigenvalue weighted by molar-refractivity contribution is 9.10. The van der Waals surface area contributed by atoms with E-state index in [0.29, 0.717) is 0 Å². The Kier molecular flexibility index (Phi) is 3.51. The molecule has 2 N–H and O–H groups in total. The fourth-order valence-corrected chi connectivity index (χ4v) is 2.64. The Labute approximate surface area is 125 Å². The van der Waals surface area contributed by atoms with Crippen LogP contribution >= 0.6 is 15.9 Å². The summed E-state index contributed by atoms with van der Waals surface area (Å²) in [5.74, 6) is 1.48. The molecule has 0 bridgehead atoms. The fourth-order valence-electron chi connectivity index (χ4n) is 2.26. The standard InChI is InChI=1S/C16H14BrNO2/c1-19-14-7-6-11(17)9-12(14)16(18)15-8-10-4-2-3-5-13(10)20-15/h2-9,16H,18H2,1H3. The lowest BCUT2D eigenvalue weighted by Crippen LogP contribution is -2.12. The average molecular weight is 332 g/mol. The molecular formula is C16H14BrNO2. The lowest BCUT2D eigenvalue weighted by molar-refractivity contribution is 0.404. The Morgan fingerprint density at radius 1 is 1.15 bits per heavy atom. The number of hydrogen-bond acceptors (Lipinski definition) is 3. The van der Waals surface area contributed by atoms with Gasteiger partial charge in [-0.3, -0.25) is 0 Å². The first-order valence-corrected chi connectivity index (χ1v) is 7.06. The Morgan fingerprint density at radius 3 is 2.70 bits per heavy atom. The molecule has 0 aliphatic heterocycles. The van der Waals surface area contributed by atoms with Gasteiger partial charge in [0.05, 0.1) is 13.2 Å². The molecule has 3 aromatic rings. The van der Waals surface area contributed by atoms with E-state index in [1.165, 1.54) is 0 Å². The molecule has 3 rings (SSSR count). The predicted molar refractivity (Wildman–Crippen MR) is 82.9 cm³/mol. The maximum atomic E-state index is 6.33. The molecule has 102 valence electrons. The summed E-state index contributed by atoms with van der Waals surface area (Å²) < 4.78 is 12.2. The molecule has 0 saturated carbocycles. The third-order valence-corrected chi connectivity index (χ3v) is 3.77. The first-order chi connectivity index (χ1) is 9.69. The Bertz CT molecular complexity index is 718. The van der Waals surface area contributed by atoms with Gasteiger partial charge in [0, 0.05) is 15.4 Å². The van der Waals surface area contributed by atoms with Crippen LogP contribution in [0.2, 0.25) is 0 Å². The van der Waals surface area contributed by atoms with E-state index in [-0.39, 0.29) is 6.04 Å². The number of halogens is 1. The maximum absolute atomic E-state index is 6.33. The summed E-state index contributed by atoms with van der Waals surface area (Å²) in [6, 6.07) is 15.2. The zero-order chi connectivity index (χ0) is 14.1. The van der Waals surface area contributed by atoms with Crippen molar-refractivity contribution in [3.63, 3.8) is 0 Å². The highest BCUT2D eigenvalue weighted by atomic mass is 79.9. The molecule has 2 aromatic carbocycles.